The fourth-order valence-corrected chi connectivity index (χ4v) is 2.78. The van der Waals surface area contributed by atoms with E-state index in [1.165, 1.54) is 11.3 Å². The van der Waals surface area contributed by atoms with E-state index in [2.05, 4.69) is 43.0 Å². The molecule has 3 atom stereocenters. The summed E-state index contributed by atoms with van der Waals surface area (Å²) in [6.07, 6.45) is 1.08. The Balaban J connectivity index is 2.50. The van der Waals surface area contributed by atoms with E-state index in [1.807, 2.05) is 13.1 Å². The fourth-order valence-electron chi connectivity index (χ4n) is 2.78. The van der Waals surface area contributed by atoms with Crippen LogP contribution in [0.3, 0.4) is 0 Å². The molecular weight excluding hydrogens is 196 g/mol. The maximum atomic E-state index is 9.28. The van der Waals surface area contributed by atoms with Gasteiger partial charge in [-0.25, -0.2) is 0 Å². The predicted octanol–water partition coefficient (Wildman–Crippen LogP) is 3.16. The van der Waals surface area contributed by atoms with Crippen molar-refractivity contribution < 1.29 is 0 Å². The van der Waals surface area contributed by atoms with E-state index in [9.17, 15) is 5.26 Å². The van der Waals surface area contributed by atoms with Gasteiger partial charge in [-0.15, -0.1) is 0 Å². The minimum atomic E-state index is -0.00824. The number of hydrogen-bond donors (Lipinski definition) is 0. The van der Waals surface area contributed by atoms with Crippen LogP contribution in [0.1, 0.15) is 31.7 Å². The molecule has 1 unspecified atom stereocenters. The van der Waals surface area contributed by atoms with Crippen molar-refractivity contribution in [3.63, 3.8) is 0 Å². The van der Waals surface area contributed by atoms with Crippen LogP contribution in [0.4, 0.5) is 5.69 Å². The molecule has 2 rings (SSSR count). The van der Waals surface area contributed by atoms with Gasteiger partial charge in [0, 0.05) is 12.7 Å². The predicted molar refractivity (Wildman–Crippen MR) is 66.4 cm³/mol. The molecule has 0 aliphatic carbocycles. The quantitative estimate of drug-likeness (QED) is 0.663. The zero-order valence-electron chi connectivity index (χ0n) is 10.1. The minimum absolute atomic E-state index is 0.00824. The van der Waals surface area contributed by atoms with E-state index in [1.54, 1.807) is 0 Å². The first-order chi connectivity index (χ1) is 7.65. The molecule has 1 aliphatic heterocycles. The Morgan fingerprint density at radius 1 is 1.31 bits per heavy atom. The lowest BCUT2D eigenvalue weighted by atomic mass is 9.89. The second kappa shape index (κ2) is 4.17. The van der Waals surface area contributed by atoms with Crippen molar-refractivity contribution in [2.45, 2.75) is 32.2 Å². The van der Waals surface area contributed by atoms with Crippen LogP contribution in [0.2, 0.25) is 0 Å². The lowest BCUT2D eigenvalue weighted by Gasteiger charge is -2.27. The smallest absolute Gasteiger partial charge is 0.119 e. The van der Waals surface area contributed by atoms with Gasteiger partial charge < -0.3 is 4.90 Å². The van der Waals surface area contributed by atoms with Crippen LogP contribution in [0.25, 0.3) is 0 Å². The first-order valence-electron chi connectivity index (χ1n) is 5.86. The van der Waals surface area contributed by atoms with Gasteiger partial charge in [-0.2, -0.15) is 5.26 Å². The number of rotatable bonds is 0. The van der Waals surface area contributed by atoms with E-state index < -0.39 is 0 Å². The summed E-state index contributed by atoms with van der Waals surface area (Å²) < 4.78 is 0. The molecule has 0 amide bonds. The highest BCUT2D eigenvalue weighted by Crippen LogP contribution is 2.37. The molecule has 1 aliphatic rings. The Hall–Kier alpha value is -1.49. The van der Waals surface area contributed by atoms with E-state index >= 15 is 0 Å². The number of anilines is 1. The van der Waals surface area contributed by atoms with Gasteiger partial charge in [0.1, 0.15) is 6.04 Å². The summed E-state index contributed by atoms with van der Waals surface area (Å²) in [5.74, 6) is 0.949. The molecule has 0 N–H and O–H groups in total. The monoisotopic (exact) mass is 214 g/mol. The van der Waals surface area contributed by atoms with Crippen LogP contribution in [-0.4, -0.2) is 13.1 Å². The number of fused-ring (bicyclic) bond motifs is 1. The van der Waals surface area contributed by atoms with Gasteiger partial charge in [0.05, 0.1) is 6.07 Å². The Kier molecular flexibility index (Phi) is 2.87. The SMILES string of the molecule is CC1C[C@@H](C)[C@@H](C#N)N(C)c2ccccc21. The maximum absolute atomic E-state index is 9.28. The van der Waals surface area contributed by atoms with Gasteiger partial charge in [-0.3, -0.25) is 0 Å². The van der Waals surface area contributed by atoms with Crippen LogP contribution in [0.5, 0.6) is 0 Å². The topological polar surface area (TPSA) is 27.0 Å². The molecule has 84 valence electrons. The Morgan fingerprint density at radius 3 is 2.69 bits per heavy atom. The molecule has 1 aromatic rings. The van der Waals surface area contributed by atoms with Crippen LogP contribution in [0.15, 0.2) is 24.3 Å². The normalized spacial score (nSPS) is 29.1. The molecule has 2 nitrogen and oxygen atoms in total. The standard InChI is InChI=1S/C14H18N2/c1-10-8-11(2)14(9-15)16(3)13-7-5-4-6-12(10)13/h4-7,10-11,14H,8H2,1-3H3/t10?,11-,14-/m1/s1. The first-order valence-corrected chi connectivity index (χ1v) is 5.86. The molecule has 1 heterocycles. The molecule has 0 fully saturated rings. The van der Waals surface area contributed by atoms with Gasteiger partial charge in [0.2, 0.25) is 0 Å². The minimum Gasteiger partial charge on any atom is -0.358 e. The Bertz CT molecular complexity index is 419. The summed E-state index contributed by atoms with van der Waals surface area (Å²) in [6.45, 7) is 4.43. The lowest BCUT2D eigenvalue weighted by Crippen LogP contribution is -2.34. The van der Waals surface area contributed by atoms with Crippen molar-refractivity contribution in [3.05, 3.63) is 29.8 Å². The van der Waals surface area contributed by atoms with E-state index in [0.717, 1.165) is 6.42 Å². The van der Waals surface area contributed by atoms with Gasteiger partial charge in [0.25, 0.3) is 0 Å². The number of hydrogen-bond acceptors (Lipinski definition) is 2. The molecule has 0 saturated carbocycles. The molecule has 2 heteroatoms. The number of nitriles is 1. The number of nitrogens with zero attached hydrogens (tertiary/aromatic N) is 2. The third-order valence-electron chi connectivity index (χ3n) is 3.66. The summed E-state index contributed by atoms with van der Waals surface area (Å²) in [5.41, 5.74) is 2.58. The molecule has 0 saturated heterocycles. The summed E-state index contributed by atoms with van der Waals surface area (Å²) in [4.78, 5) is 2.13. The third kappa shape index (κ3) is 1.67. The van der Waals surface area contributed by atoms with Crippen molar-refractivity contribution in [1.82, 2.24) is 0 Å². The number of para-hydroxylation sites is 1. The molecule has 0 bridgehead atoms. The third-order valence-corrected chi connectivity index (χ3v) is 3.66. The Labute approximate surface area is 97.5 Å². The van der Waals surface area contributed by atoms with Crippen molar-refractivity contribution in [2.75, 3.05) is 11.9 Å². The van der Waals surface area contributed by atoms with Crippen molar-refractivity contribution in [2.24, 2.45) is 5.92 Å². The number of benzene rings is 1. The highest BCUT2D eigenvalue weighted by Gasteiger charge is 2.29. The fraction of sp³-hybridized carbons (Fsp3) is 0.500. The highest BCUT2D eigenvalue weighted by atomic mass is 15.1. The van der Waals surface area contributed by atoms with Crippen molar-refractivity contribution in [3.8, 4) is 6.07 Å². The first kappa shape index (κ1) is 11.0. The second-order valence-electron chi connectivity index (χ2n) is 4.86. The summed E-state index contributed by atoms with van der Waals surface area (Å²) in [7, 11) is 2.03. The van der Waals surface area contributed by atoms with E-state index in [0.29, 0.717) is 11.8 Å². The van der Waals surface area contributed by atoms with Crippen LogP contribution >= 0.6 is 0 Å². The van der Waals surface area contributed by atoms with Crippen molar-refractivity contribution in [1.29, 1.82) is 5.26 Å². The van der Waals surface area contributed by atoms with Crippen LogP contribution in [-0.2, 0) is 0 Å². The zero-order chi connectivity index (χ0) is 11.7. The Morgan fingerprint density at radius 2 is 2.00 bits per heavy atom. The molecular formula is C14H18N2. The molecule has 0 radical (unpaired) electrons. The zero-order valence-corrected chi connectivity index (χ0v) is 10.1. The van der Waals surface area contributed by atoms with Gasteiger partial charge in [-0.1, -0.05) is 32.0 Å². The average Bonchev–Trinajstić information content (AvgIpc) is 2.37. The molecule has 16 heavy (non-hydrogen) atoms. The van der Waals surface area contributed by atoms with E-state index in [-0.39, 0.29) is 6.04 Å². The van der Waals surface area contributed by atoms with Gasteiger partial charge >= 0.3 is 0 Å². The average molecular weight is 214 g/mol. The van der Waals surface area contributed by atoms with Crippen LogP contribution in [0, 0.1) is 17.2 Å². The summed E-state index contributed by atoms with van der Waals surface area (Å²) >= 11 is 0. The molecule has 0 spiro atoms. The summed E-state index contributed by atoms with van der Waals surface area (Å²) in [5, 5.41) is 9.28. The second-order valence-corrected chi connectivity index (χ2v) is 4.86. The molecule has 0 aromatic heterocycles. The maximum Gasteiger partial charge on any atom is 0.119 e. The van der Waals surface area contributed by atoms with Gasteiger partial charge in [-0.05, 0) is 29.9 Å². The highest BCUT2D eigenvalue weighted by molar-refractivity contribution is 5.57. The van der Waals surface area contributed by atoms with Crippen LogP contribution < -0.4 is 4.90 Å². The molecule has 1 aromatic carbocycles. The lowest BCUT2D eigenvalue weighted by molar-refractivity contribution is 0.454. The van der Waals surface area contributed by atoms with E-state index in [4.69, 9.17) is 0 Å². The van der Waals surface area contributed by atoms with Crippen molar-refractivity contribution >= 4 is 5.69 Å². The van der Waals surface area contributed by atoms with Gasteiger partial charge in [0.15, 0.2) is 0 Å². The summed E-state index contributed by atoms with van der Waals surface area (Å²) in [6, 6.07) is 10.9. The largest absolute Gasteiger partial charge is 0.358 e.